The number of nitrogens with zero attached hydrogens (tertiary/aromatic N) is 2. The Morgan fingerprint density at radius 2 is 1.93 bits per heavy atom. The van der Waals surface area contributed by atoms with Crippen molar-refractivity contribution in [1.29, 1.82) is 0 Å². The van der Waals surface area contributed by atoms with Gasteiger partial charge in [-0.1, -0.05) is 0 Å². The van der Waals surface area contributed by atoms with Gasteiger partial charge in [-0.2, -0.15) is 5.10 Å². The monoisotopic (exact) mass is 475 g/mol. The SMILES string of the molecule is COc1ccc(C(=O)N/N=C\c2ccc(OCC(=O)N3CCOCC3)c(Br)c2)cc1. The second-order valence-electron chi connectivity index (χ2n) is 6.40. The molecule has 1 N–H and O–H groups in total. The molecule has 1 aliphatic heterocycles. The number of amides is 2. The Hall–Kier alpha value is -2.91. The molecule has 158 valence electrons. The maximum atomic E-state index is 12.2. The summed E-state index contributed by atoms with van der Waals surface area (Å²) >= 11 is 3.43. The van der Waals surface area contributed by atoms with Gasteiger partial charge < -0.3 is 19.1 Å². The smallest absolute Gasteiger partial charge is 0.271 e. The fourth-order valence-electron chi connectivity index (χ4n) is 2.73. The maximum Gasteiger partial charge on any atom is 0.271 e. The second-order valence-corrected chi connectivity index (χ2v) is 7.25. The Kier molecular flexibility index (Phi) is 7.81. The van der Waals surface area contributed by atoms with E-state index in [9.17, 15) is 9.59 Å². The molecule has 0 aliphatic carbocycles. The average molecular weight is 476 g/mol. The number of benzene rings is 2. The van der Waals surface area contributed by atoms with Gasteiger partial charge in [0.25, 0.3) is 11.8 Å². The van der Waals surface area contributed by atoms with Crippen LogP contribution in [0, 0.1) is 0 Å². The van der Waals surface area contributed by atoms with Crippen LogP contribution in [-0.4, -0.2) is 62.9 Å². The lowest BCUT2D eigenvalue weighted by molar-refractivity contribution is -0.137. The average Bonchev–Trinajstić information content (AvgIpc) is 2.79. The minimum atomic E-state index is -0.324. The van der Waals surface area contributed by atoms with Crippen LogP contribution in [0.2, 0.25) is 0 Å². The van der Waals surface area contributed by atoms with Gasteiger partial charge in [-0.15, -0.1) is 0 Å². The molecule has 0 atom stereocenters. The molecule has 2 aromatic carbocycles. The Morgan fingerprint density at radius 1 is 1.20 bits per heavy atom. The number of carbonyl (C=O) groups excluding carboxylic acids is 2. The number of hydrogen-bond acceptors (Lipinski definition) is 6. The van der Waals surface area contributed by atoms with E-state index in [-0.39, 0.29) is 18.4 Å². The van der Waals surface area contributed by atoms with Crippen molar-refractivity contribution in [2.75, 3.05) is 40.0 Å². The van der Waals surface area contributed by atoms with Crippen LogP contribution in [0.3, 0.4) is 0 Å². The second kappa shape index (κ2) is 10.7. The third-order valence-corrected chi connectivity index (χ3v) is 5.02. The van der Waals surface area contributed by atoms with Crippen molar-refractivity contribution in [3.8, 4) is 11.5 Å². The van der Waals surface area contributed by atoms with Gasteiger partial charge in [0, 0.05) is 18.7 Å². The van der Waals surface area contributed by atoms with E-state index in [1.807, 2.05) is 0 Å². The van der Waals surface area contributed by atoms with Crippen LogP contribution < -0.4 is 14.9 Å². The number of methoxy groups -OCH3 is 1. The fraction of sp³-hybridized carbons (Fsp3) is 0.286. The molecule has 0 radical (unpaired) electrons. The number of ether oxygens (including phenoxy) is 3. The summed E-state index contributed by atoms with van der Waals surface area (Å²) in [6, 6.07) is 12.0. The van der Waals surface area contributed by atoms with Gasteiger partial charge in [0.15, 0.2) is 6.61 Å². The third kappa shape index (κ3) is 6.04. The van der Waals surface area contributed by atoms with Gasteiger partial charge in [0.2, 0.25) is 0 Å². The minimum absolute atomic E-state index is 0.0377. The lowest BCUT2D eigenvalue weighted by Gasteiger charge is -2.26. The molecule has 2 aromatic rings. The number of rotatable bonds is 7. The first-order valence-corrected chi connectivity index (χ1v) is 10.1. The van der Waals surface area contributed by atoms with Gasteiger partial charge in [0.1, 0.15) is 11.5 Å². The summed E-state index contributed by atoms with van der Waals surface area (Å²) in [6.07, 6.45) is 1.52. The van der Waals surface area contributed by atoms with Gasteiger partial charge in [-0.05, 0) is 64.0 Å². The molecule has 0 spiro atoms. The summed E-state index contributed by atoms with van der Waals surface area (Å²) < 4.78 is 16.6. The number of carbonyl (C=O) groups is 2. The predicted octanol–water partition coefficient (Wildman–Crippen LogP) is 2.46. The summed E-state index contributed by atoms with van der Waals surface area (Å²) in [6.45, 7) is 2.24. The molecule has 9 heteroatoms. The number of morpholine rings is 1. The normalized spacial score (nSPS) is 13.9. The Bertz CT molecular complexity index is 911. The molecule has 1 heterocycles. The van der Waals surface area contributed by atoms with E-state index in [1.54, 1.807) is 54.5 Å². The van der Waals surface area contributed by atoms with Crippen molar-refractivity contribution < 1.29 is 23.8 Å². The van der Waals surface area contributed by atoms with Crippen molar-refractivity contribution in [3.63, 3.8) is 0 Å². The molecule has 3 rings (SSSR count). The molecule has 30 heavy (non-hydrogen) atoms. The van der Waals surface area contributed by atoms with Crippen LogP contribution >= 0.6 is 15.9 Å². The largest absolute Gasteiger partial charge is 0.497 e. The molecule has 0 unspecified atom stereocenters. The molecule has 0 aromatic heterocycles. The van der Waals surface area contributed by atoms with Crippen LogP contribution in [0.5, 0.6) is 11.5 Å². The highest BCUT2D eigenvalue weighted by Crippen LogP contribution is 2.25. The lowest BCUT2D eigenvalue weighted by atomic mass is 10.2. The summed E-state index contributed by atoms with van der Waals surface area (Å²) in [5.74, 6) is 0.830. The summed E-state index contributed by atoms with van der Waals surface area (Å²) in [5, 5.41) is 3.98. The molecule has 1 saturated heterocycles. The molecule has 8 nitrogen and oxygen atoms in total. The van der Waals surface area contributed by atoms with Crippen molar-refractivity contribution in [3.05, 3.63) is 58.1 Å². The van der Waals surface area contributed by atoms with Crippen LogP contribution in [0.1, 0.15) is 15.9 Å². The van der Waals surface area contributed by atoms with E-state index >= 15 is 0 Å². The zero-order chi connectivity index (χ0) is 21.3. The maximum absolute atomic E-state index is 12.2. The Morgan fingerprint density at radius 3 is 2.60 bits per heavy atom. The van der Waals surface area contributed by atoms with E-state index in [4.69, 9.17) is 14.2 Å². The highest BCUT2D eigenvalue weighted by molar-refractivity contribution is 9.10. The topological polar surface area (TPSA) is 89.5 Å². The summed E-state index contributed by atoms with van der Waals surface area (Å²) in [7, 11) is 1.57. The number of halogens is 1. The molecule has 2 amide bonds. The predicted molar refractivity (Wildman–Crippen MR) is 115 cm³/mol. The Labute approximate surface area is 182 Å². The van der Waals surface area contributed by atoms with Gasteiger partial charge in [0.05, 0.1) is 31.0 Å². The highest BCUT2D eigenvalue weighted by Gasteiger charge is 2.17. The van der Waals surface area contributed by atoms with Crippen molar-refractivity contribution in [1.82, 2.24) is 10.3 Å². The minimum Gasteiger partial charge on any atom is -0.497 e. The first-order chi connectivity index (χ1) is 14.6. The molecular weight excluding hydrogens is 454 g/mol. The third-order valence-electron chi connectivity index (χ3n) is 4.40. The van der Waals surface area contributed by atoms with Crippen LogP contribution in [0.4, 0.5) is 0 Å². The van der Waals surface area contributed by atoms with Gasteiger partial charge in [-0.25, -0.2) is 5.43 Å². The number of hydrogen-bond donors (Lipinski definition) is 1. The van der Waals surface area contributed by atoms with Gasteiger partial charge >= 0.3 is 0 Å². The fourth-order valence-corrected chi connectivity index (χ4v) is 3.24. The van der Waals surface area contributed by atoms with Crippen LogP contribution in [0.25, 0.3) is 0 Å². The van der Waals surface area contributed by atoms with Crippen molar-refractivity contribution in [2.45, 2.75) is 0 Å². The van der Waals surface area contributed by atoms with Crippen molar-refractivity contribution in [2.24, 2.45) is 5.10 Å². The Balaban J connectivity index is 1.51. The molecule has 0 bridgehead atoms. The quantitative estimate of drug-likeness (QED) is 0.490. The summed E-state index contributed by atoms with van der Waals surface area (Å²) in [5.41, 5.74) is 3.71. The van der Waals surface area contributed by atoms with Gasteiger partial charge in [-0.3, -0.25) is 9.59 Å². The summed E-state index contributed by atoms with van der Waals surface area (Å²) in [4.78, 5) is 26.0. The number of nitrogens with one attached hydrogen (secondary N) is 1. The van der Waals surface area contributed by atoms with E-state index in [1.165, 1.54) is 6.21 Å². The van der Waals surface area contributed by atoms with E-state index < -0.39 is 0 Å². The first-order valence-electron chi connectivity index (χ1n) is 9.32. The zero-order valence-electron chi connectivity index (χ0n) is 16.5. The zero-order valence-corrected chi connectivity index (χ0v) is 18.1. The molecule has 0 saturated carbocycles. The van der Waals surface area contributed by atoms with Crippen molar-refractivity contribution >= 4 is 34.0 Å². The molecule has 1 fully saturated rings. The number of hydrazone groups is 1. The highest BCUT2D eigenvalue weighted by atomic mass is 79.9. The molecular formula is C21H22BrN3O5. The van der Waals surface area contributed by atoms with E-state index in [0.717, 1.165) is 5.56 Å². The lowest BCUT2D eigenvalue weighted by Crippen LogP contribution is -2.43. The van der Waals surface area contributed by atoms with Crippen LogP contribution in [0.15, 0.2) is 52.0 Å². The standard InChI is InChI=1S/C21H22BrN3O5/c1-28-17-5-3-16(4-6-17)21(27)24-23-13-15-2-7-19(18(22)12-15)30-14-20(26)25-8-10-29-11-9-25/h2-7,12-13H,8-11,14H2,1H3,(H,24,27)/b23-13-. The molecule has 1 aliphatic rings. The first kappa shape index (κ1) is 21.8. The van der Waals surface area contributed by atoms with E-state index in [0.29, 0.717) is 47.8 Å². The van der Waals surface area contributed by atoms with E-state index in [2.05, 4.69) is 26.5 Å². The van der Waals surface area contributed by atoms with Crippen LogP contribution in [-0.2, 0) is 9.53 Å².